The number of carbonyl (C=O) groups excluding carboxylic acids is 1. The van der Waals surface area contributed by atoms with E-state index < -0.39 is 0 Å². The summed E-state index contributed by atoms with van der Waals surface area (Å²) in [6.45, 7) is 4.06. The highest BCUT2D eigenvalue weighted by molar-refractivity contribution is 9.10. The van der Waals surface area contributed by atoms with Gasteiger partial charge in [0, 0.05) is 16.7 Å². The number of halogens is 1. The number of nitrogens with one attached hydrogen (secondary N) is 1. The highest BCUT2D eigenvalue weighted by atomic mass is 79.9. The smallest absolute Gasteiger partial charge is 0.268 e. The molecule has 0 radical (unpaired) electrons. The maximum absolute atomic E-state index is 12.3. The largest absolute Gasteiger partial charge is 0.444 e. The first kappa shape index (κ1) is 13.4. The van der Waals surface area contributed by atoms with Gasteiger partial charge in [-0.2, -0.15) is 0 Å². The molecule has 2 heterocycles. The van der Waals surface area contributed by atoms with Crippen LogP contribution >= 0.6 is 15.9 Å². The maximum Gasteiger partial charge on any atom is 0.268 e. The van der Waals surface area contributed by atoms with Crippen LogP contribution < -0.4 is 5.32 Å². The van der Waals surface area contributed by atoms with Crippen LogP contribution in [0.25, 0.3) is 0 Å². The summed E-state index contributed by atoms with van der Waals surface area (Å²) in [4.78, 5) is 16.5. The Bertz CT molecular complexity index is 636. The van der Waals surface area contributed by atoms with E-state index in [1.807, 2.05) is 30.7 Å². The van der Waals surface area contributed by atoms with Gasteiger partial charge in [-0.3, -0.25) is 4.79 Å². The van der Waals surface area contributed by atoms with Crippen LogP contribution in [-0.4, -0.2) is 15.5 Å². The van der Waals surface area contributed by atoms with Crippen molar-refractivity contribution in [2.75, 3.05) is 0 Å². The van der Waals surface area contributed by atoms with Crippen LogP contribution in [0.1, 0.15) is 46.7 Å². The maximum atomic E-state index is 12.3. The minimum absolute atomic E-state index is 0.101. The Morgan fingerprint density at radius 1 is 1.55 bits per heavy atom. The number of oxazole rings is 1. The Labute approximate surface area is 125 Å². The fourth-order valence-corrected chi connectivity index (χ4v) is 2.58. The van der Waals surface area contributed by atoms with Crippen molar-refractivity contribution in [1.29, 1.82) is 0 Å². The number of amides is 1. The van der Waals surface area contributed by atoms with Crippen molar-refractivity contribution in [2.24, 2.45) is 0 Å². The van der Waals surface area contributed by atoms with Crippen molar-refractivity contribution in [3.8, 4) is 0 Å². The van der Waals surface area contributed by atoms with Crippen LogP contribution in [0.3, 0.4) is 0 Å². The number of hydrogen-bond donors (Lipinski definition) is 1. The molecule has 0 aliphatic heterocycles. The van der Waals surface area contributed by atoms with Crippen molar-refractivity contribution in [1.82, 2.24) is 14.9 Å². The summed E-state index contributed by atoms with van der Waals surface area (Å²) in [5.74, 6) is 1.23. The second-order valence-corrected chi connectivity index (χ2v) is 6.03. The van der Waals surface area contributed by atoms with Crippen LogP contribution in [0.2, 0.25) is 0 Å². The van der Waals surface area contributed by atoms with E-state index in [-0.39, 0.29) is 5.91 Å². The van der Waals surface area contributed by atoms with Gasteiger partial charge in [-0.15, -0.1) is 0 Å². The zero-order valence-corrected chi connectivity index (χ0v) is 13.0. The topological polar surface area (TPSA) is 60.1 Å². The molecule has 0 bridgehead atoms. The fraction of sp³-hybridized carbons (Fsp3) is 0.429. The highest BCUT2D eigenvalue weighted by Crippen LogP contribution is 2.37. The quantitative estimate of drug-likeness (QED) is 0.932. The molecule has 1 saturated carbocycles. The minimum Gasteiger partial charge on any atom is -0.444 e. The second-order valence-electron chi connectivity index (χ2n) is 5.11. The van der Waals surface area contributed by atoms with Crippen LogP contribution in [0.5, 0.6) is 0 Å². The van der Waals surface area contributed by atoms with Gasteiger partial charge in [0.15, 0.2) is 0 Å². The summed E-state index contributed by atoms with van der Waals surface area (Å²) >= 11 is 3.42. The summed E-state index contributed by atoms with van der Waals surface area (Å²) in [6, 6.07) is 2.31. The van der Waals surface area contributed by atoms with E-state index in [0.717, 1.165) is 28.8 Å². The Balaban J connectivity index is 1.70. The van der Waals surface area contributed by atoms with E-state index in [4.69, 9.17) is 4.42 Å². The number of nitrogens with zero attached hydrogens (tertiary/aromatic N) is 2. The molecule has 106 valence electrons. The second kappa shape index (κ2) is 5.09. The van der Waals surface area contributed by atoms with Crippen LogP contribution in [0.15, 0.2) is 21.2 Å². The van der Waals surface area contributed by atoms with Crippen molar-refractivity contribution < 1.29 is 9.21 Å². The molecule has 0 atom stereocenters. The number of aromatic nitrogens is 2. The zero-order chi connectivity index (χ0) is 14.3. The lowest BCUT2D eigenvalue weighted by Gasteiger charge is -2.07. The highest BCUT2D eigenvalue weighted by Gasteiger charge is 2.27. The lowest BCUT2D eigenvalue weighted by atomic mass is 10.4. The van der Waals surface area contributed by atoms with E-state index in [9.17, 15) is 4.79 Å². The molecule has 1 amide bonds. The van der Waals surface area contributed by atoms with Crippen LogP contribution in [0.4, 0.5) is 0 Å². The number of hydrogen-bond acceptors (Lipinski definition) is 3. The molecule has 1 aliphatic carbocycles. The van der Waals surface area contributed by atoms with Gasteiger partial charge in [-0.1, -0.05) is 0 Å². The van der Waals surface area contributed by atoms with Gasteiger partial charge in [-0.25, -0.2) is 4.98 Å². The molecular formula is C14H16BrN3O2. The van der Waals surface area contributed by atoms with E-state index in [2.05, 4.69) is 26.2 Å². The summed E-state index contributed by atoms with van der Waals surface area (Å²) in [5, 5.41) is 2.86. The first-order valence-corrected chi connectivity index (χ1v) is 7.42. The standard InChI is InChI=1S/C14H16BrN3O2/c1-8-9(2)20-13(17-8)6-16-14(19)12-5-10(15)7-18(12)11-3-4-11/h5,7,11H,3-4,6H2,1-2H3,(H,16,19). The average Bonchev–Trinajstić information content (AvgIpc) is 3.10. The number of aryl methyl sites for hydroxylation is 2. The van der Waals surface area contributed by atoms with Gasteiger partial charge in [0.1, 0.15) is 11.5 Å². The molecule has 3 rings (SSSR count). The predicted molar refractivity (Wildman–Crippen MR) is 77.6 cm³/mol. The number of carbonyl (C=O) groups is 1. The van der Waals surface area contributed by atoms with E-state index in [1.54, 1.807) is 0 Å². The molecular weight excluding hydrogens is 322 g/mol. The fourth-order valence-electron chi connectivity index (χ4n) is 2.14. The van der Waals surface area contributed by atoms with Crippen molar-refractivity contribution in [2.45, 2.75) is 39.3 Å². The molecule has 1 fully saturated rings. The summed E-state index contributed by atoms with van der Waals surface area (Å²) < 4.78 is 8.42. The first-order valence-electron chi connectivity index (χ1n) is 6.63. The molecule has 2 aromatic heterocycles. The first-order chi connectivity index (χ1) is 9.54. The molecule has 1 aliphatic rings. The minimum atomic E-state index is -0.101. The number of rotatable bonds is 4. The SMILES string of the molecule is Cc1nc(CNC(=O)c2cc(Br)cn2C2CC2)oc1C. The average molecular weight is 338 g/mol. The molecule has 0 aromatic carbocycles. The van der Waals surface area contributed by atoms with Crippen molar-refractivity contribution >= 4 is 21.8 Å². The molecule has 6 heteroatoms. The van der Waals surface area contributed by atoms with Crippen molar-refractivity contribution in [3.63, 3.8) is 0 Å². The lowest BCUT2D eigenvalue weighted by molar-refractivity contribution is 0.0937. The van der Waals surface area contributed by atoms with Gasteiger partial charge < -0.3 is 14.3 Å². The molecule has 0 unspecified atom stereocenters. The lowest BCUT2D eigenvalue weighted by Crippen LogP contribution is -2.25. The Morgan fingerprint density at radius 2 is 2.30 bits per heavy atom. The third-order valence-corrected chi connectivity index (χ3v) is 3.89. The summed E-state index contributed by atoms with van der Waals surface area (Å²) in [7, 11) is 0. The van der Waals surface area contributed by atoms with Gasteiger partial charge in [0.2, 0.25) is 5.89 Å². The van der Waals surface area contributed by atoms with E-state index in [0.29, 0.717) is 24.2 Å². The van der Waals surface area contributed by atoms with Gasteiger partial charge in [0.25, 0.3) is 5.91 Å². The monoisotopic (exact) mass is 337 g/mol. The van der Waals surface area contributed by atoms with Crippen molar-refractivity contribution in [3.05, 3.63) is 39.8 Å². The van der Waals surface area contributed by atoms with Gasteiger partial charge in [-0.05, 0) is 48.7 Å². The molecule has 2 aromatic rings. The third-order valence-electron chi connectivity index (χ3n) is 3.46. The molecule has 0 saturated heterocycles. The summed E-state index contributed by atoms with van der Waals surface area (Å²) in [5.41, 5.74) is 1.54. The van der Waals surface area contributed by atoms with Gasteiger partial charge >= 0.3 is 0 Å². The van der Waals surface area contributed by atoms with Crippen LogP contribution in [0, 0.1) is 13.8 Å². The molecule has 5 nitrogen and oxygen atoms in total. The normalized spacial score (nSPS) is 14.6. The van der Waals surface area contributed by atoms with Crippen LogP contribution in [-0.2, 0) is 6.54 Å². The Morgan fingerprint density at radius 3 is 2.90 bits per heavy atom. The van der Waals surface area contributed by atoms with E-state index in [1.165, 1.54) is 0 Å². The van der Waals surface area contributed by atoms with E-state index >= 15 is 0 Å². The molecule has 20 heavy (non-hydrogen) atoms. The predicted octanol–water partition coefficient (Wildman–Crippen LogP) is 3.12. The Kier molecular flexibility index (Phi) is 3.41. The zero-order valence-electron chi connectivity index (χ0n) is 11.4. The van der Waals surface area contributed by atoms with Gasteiger partial charge in [0.05, 0.1) is 12.2 Å². The summed E-state index contributed by atoms with van der Waals surface area (Å²) in [6.07, 6.45) is 4.24. The molecule has 1 N–H and O–H groups in total. The molecule has 0 spiro atoms. The third kappa shape index (κ3) is 2.65. The Hall–Kier alpha value is -1.56.